The molecule has 0 aromatic carbocycles. The van der Waals surface area contributed by atoms with Crippen LogP contribution in [-0.2, 0) is 6.54 Å². The van der Waals surface area contributed by atoms with Crippen molar-refractivity contribution in [2.24, 2.45) is 5.84 Å². The Bertz CT molecular complexity index is 691. The number of thiophene rings is 1. The summed E-state index contributed by atoms with van der Waals surface area (Å²) in [6.07, 6.45) is 3.70. The second-order valence-corrected chi connectivity index (χ2v) is 5.35. The number of rotatable bonds is 5. The van der Waals surface area contributed by atoms with Gasteiger partial charge in [0.1, 0.15) is 10.6 Å². The van der Waals surface area contributed by atoms with Gasteiger partial charge in [-0.1, -0.05) is 0 Å². The molecule has 8 heteroatoms. The number of fused-ring (bicyclic) bond motifs is 1. The van der Waals surface area contributed by atoms with Crippen molar-refractivity contribution in [3.8, 4) is 0 Å². The Morgan fingerprint density at radius 2 is 2.35 bits per heavy atom. The fourth-order valence-electron chi connectivity index (χ4n) is 2.00. The van der Waals surface area contributed by atoms with Crippen molar-refractivity contribution < 1.29 is 0 Å². The van der Waals surface area contributed by atoms with Crippen LogP contribution in [0.5, 0.6) is 0 Å². The van der Waals surface area contributed by atoms with Gasteiger partial charge in [0, 0.05) is 18.4 Å². The van der Waals surface area contributed by atoms with E-state index in [0.717, 1.165) is 22.6 Å². The third kappa shape index (κ3) is 2.56. The highest BCUT2D eigenvalue weighted by atomic mass is 32.1. The van der Waals surface area contributed by atoms with Crippen LogP contribution >= 0.6 is 11.3 Å². The van der Waals surface area contributed by atoms with Gasteiger partial charge in [-0.15, -0.1) is 11.3 Å². The van der Waals surface area contributed by atoms with E-state index in [0.29, 0.717) is 5.95 Å². The molecule has 3 rings (SSSR count). The van der Waals surface area contributed by atoms with Crippen molar-refractivity contribution in [3.05, 3.63) is 29.9 Å². The molecule has 3 heterocycles. The molecule has 0 radical (unpaired) electrons. The van der Waals surface area contributed by atoms with Gasteiger partial charge in [-0.05, 0) is 24.4 Å². The maximum atomic E-state index is 5.41. The standard InChI is InChI=1S/C12H15N7S/c1-8(7-19-5-2-4-14-19)15-10-9-3-6-20-11(9)17-12(16-10)18-13/h2-6,8H,7,13H2,1H3,(H2,15,16,17,18). The Kier molecular flexibility index (Phi) is 3.48. The van der Waals surface area contributed by atoms with E-state index >= 15 is 0 Å². The van der Waals surface area contributed by atoms with Gasteiger partial charge in [-0.3, -0.25) is 10.1 Å². The number of aromatic nitrogens is 4. The molecule has 0 bridgehead atoms. The van der Waals surface area contributed by atoms with Crippen LogP contribution in [0, 0.1) is 0 Å². The van der Waals surface area contributed by atoms with Gasteiger partial charge in [0.2, 0.25) is 5.95 Å². The first-order valence-corrected chi connectivity index (χ1v) is 7.10. The summed E-state index contributed by atoms with van der Waals surface area (Å²) in [6.45, 7) is 2.84. The number of hydrogen-bond donors (Lipinski definition) is 3. The fourth-order valence-corrected chi connectivity index (χ4v) is 2.76. The smallest absolute Gasteiger partial charge is 0.240 e. The van der Waals surface area contributed by atoms with Crippen LogP contribution in [0.3, 0.4) is 0 Å². The fraction of sp³-hybridized carbons (Fsp3) is 0.250. The van der Waals surface area contributed by atoms with Gasteiger partial charge < -0.3 is 5.32 Å². The molecular formula is C12H15N7S. The Morgan fingerprint density at radius 1 is 1.45 bits per heavy atom. The molecule has 3 aromatic heterocycles. The van der Waals surface area contributed by atoms with Crippen LogP contribution in [0.4, 0.5) is 11.8 Å². The summed E-state index contributed by atoms with van der Waals surface area (Å²) >= 11 is 1.56. The van der Waals surface area contributed by atoms with Gasteiger partial charge in [0.25, 0.3) is 0 Å². The molecule has 0 amide bonds. The molecule has 0 aliphatic carbocycles. The van der Waals surface area contributed by atoms with Gasteiger partial charge in [-0.25, -0.2) is 10.8 Å². The van der Waals surface area contributed by atoms with Crippen LogP contribution in [-0.4, -0.2) is 25.8 Å². The first-order valence-electron chi connectivity index (χ1n) is 6.22. The minimum Gasteiger partial charge on any atom is -0.365 e. The van der Waals surface area contributed by atoms with E-state index in [2.05, 4.69) is 32.7 Å². The first kappa shape index (κ1) is 12.8. The highest BCUT2D eigenvalue weighted by Crippen LogP contribution is 2.26. The molecule has 0 aliphatic heterocycles. The van der Waals surface area contributed by atoms with Crippen molar-refractivity contribution in [2.75, 3.05) is 10.7 Å². The average Bonchev–Trinajstić information content (AvgIpc) is 3.09. The maximum Gasteiger partial charge on any atom is 0.240 e. The monoisotopic (exact) mass is 289 g/mol. The lowest BCUT2D eigenvalue weighted by Crippen LogP contribution is -2.23. The third-order valence-electron chi connectivity index (χ3n) is 2.86. The van der Waals surface area contributed by atoms with E-state index in [4.69, 9.17) is 5.84 Å². The average molecular weight is 289 g/mol. The molecular weight excluding hydrogens is 274 g/mol. The normalized spacial score (nSPS) is 12.5. The van der Waals surface area contributed by atoms with Crippen molar-refractivity contribution in [1.29, 1.82) is 0 Å². The summed E-state index contributed by atoms with van der Waals surface area (Å²) in [5, 5.41) is 10.6. The number of nitrogens with two attached hydrogens (primary N) is 1. The summed E-state index contributed by atoms with van der Waals surface area (Å²) in [7, 11) is 0. The predicted octanol–water partition coefficient (Wildman–Crippen LogP) is 1.67. The molecule has 0 fully saturated rings. The lowest BCUT2D eigenvalue weighted by atomic mass is 10.3. The van der Waals surface area contributed by atoms with Gasteiger partial charge >= 0.3 is 0 Å². The molecule has 104 valence electrons. The van der Waals surface area contributed by atoms with Crippen molar-refractivity contribution in [2.45, 2.75) is 19.5 Å². The van der Waals surface area contributed by atoms with E-state index in [-0.39, 0.29) is 6.04 Å². The van der Waals surface area contributed by atoms with Gasteiger partial charge in [-0.2, -0.15) is 10.1 Å². The summed E-state index contributed by atoms with van der Waals surface area (Å²) in [4.78, 5) is 9.60. The number of nitrogens with one attached hydrogen (secondary N) is 2. The topological polar surface area (TPSA) is 93.7 Å². The molecule has 0 saturated carbocycles. The molecule has 20 heavy (non-hydrogen) atoms. The predicted molar refractivity (Wildman–Crippen MR) is 80.5 cm³/mol. The van der Waals surface area contributed by atoms with Crippen molar-refractivity contribution >= 4 is 33.3 Å². The molecule has 0 saturated heterocycles. The van der Waals surface area contributed by atoms with Crippen LogP contribution in [0.2, 0.25) is 0 Å². The van der Waals surface area contributed by atoms with Crippen molar-refractivity contribution in [1.82, 2.24) is 19.7 Å². The van der Waals surface area contributed by atoms with Crippen LogP contribution in [0.1, 0.15) is 6.92 Å². The molecule has 0 aliphatic rings. The highest BCUT2D eigenvalue weighted by molar-refractivity contribution is 7.16. The number of nitrogens with zero attached hydrogens (tertiary/aromatic N) is 4. The Morgan fingerprint density at radius 3 is 3.10 bits per heavy atom. The number of hydrazine groups is 1. The lowest BCUT2D eigenvalue weighted by molar-refractivity contribution is 0.560. The summed E-state index contributed by atoms with van der Waals surface area (Å²) < 4.78 is 1.88. The van der Waals surface area contributed by atoms with Crippen LogP contribution in [0.25, 0.3) is 10.2 Å². The van der Waals surface area contributed by atoms with E-state index in [1.807, 2.05) is 28.4 Å². The minimum atomic E-state index is 0.179. The second kappa shape index (κ2) is 5.43. The van der Waals surface area contributed by atoms with Crippen molar-refractivity contribution in [3.63, 3.8) is 0 Å². The molecule has 0 spiro atoms. The Labute approximate surface area is 119 Å². The van der Waals surface area contributed by atoms with E-state index < -0.39 is 0 Å². The number of hydrogen-bond acceptors (Lipinski definition) is 7. The largest absolute Gasteiger partial charge is 0.365 e. The number of anilines is 2. The summed E-state index contributed by atoms with van der Waals surface area (Å²) in [6, 6.07) is 4.09. The third-order valence-corrected chi connectivity index (χ3v) is 3.66. The Hall–Kier alpha value is -2.19. The zero-order valence-electron chi connectivity index (χ0n) is 10.9. The second-order valence-electron chi connectivity index (χ2n) is 4.45. The number of nitrogen functional groups attached to an aromatic ring is 1. The van der Waals surface area contributed by atoms with E-state index in [1.54, 1.807) is 17.5 Å². The van der Waals surface area contributed by atoms with E-state index in [9.17, 15) is 0 Å². The molecule has 1 unspecified atom stereocenters. The lowest BCUT2D eigenvalue weighted by Gasteiger charge is -2.15. The molecule has 1 atom stereocenters. The highest BCUT2D eigenvalue weighted by Gasteiger charge is 2.11. The summed E-state index contributed by atoms with van der Waals surface area (Å²) in [5.74, 6) is 6.60. The zero-order chi connectivity index (χ0) is 13.9. The summed E-state index contributed by atoms with van der Waals surface area (Å²) in [5.41, 5.74) is 2.49. The van der Waals surface area contributed by atoms with Crippen LogP contribution in [0.15, 0.2) is 29.9 Å². The van der Waals surface area contributed by atoms with E-state index in [1.165, 1.54) is 0 Å². The first-order chi connectivity index (χ1) is 9.76. The molecule has 4 N–H and O–H groups in total. The van der Waals surface area contributed by atoms with Gasteiger partial charge in [0.05, 0.1) is 11.9 Å². The quantitative estimate of drug-likeness (QED) is 0.489. The molecule has 3 aromatic rings. The SMILES string of the molecule is CC(Cn1cccn1)Nc1nc(NN)nc2sccc12. The minimum absolute atomic E-state index is 0.179. The molecule has 7 nitrogen and oxygen atoms in total. The zero-order valence-corrected chi connectivity index (χ0v) is 11.8. The Balaban J connectivity index is 1.84. The van der Waals surface area contributed by atoms with Gasteiger partial charge in [0.15, 0.2) is 0 Å². The van der Waals surface area contributed by atoms with Crippen LogP contribution < -0.4 is 16.6 Å². The maximum absolute atomic E-state index is 5.41.